The third kappa shape index (κ3) is 5.89. The molecule has 1 amide bonds. The van der Waals surface area contributed by atoms with Crippen molar-refractivity contribution in [2.75, 3.05) is 11.1 Å². The largest absolute Gasteiger partial charge is 0.378 e. The van der Waals surface area contributed by atoms with Crippen LogP contribution in [0.3, 0.4) is 0 Å². The average Bonchev–Trinajstić information content (AvgIpc) is 3.06. The van der Waals surface area contributed by atoms with Gasteiger partial charge in [0, 0.05) is 35.2 Å². The number of aromatic nitrogens is 4. The fourth-order valence-electron chi connectivity index (χ4n) is 2.17. The summed E-state index contributed by atoms with van der Waals surface area (Å²) in [4.78, 5) is 15.9. The van der Waals surface area contributed by atoms with Crippen molar-refractivity contribution in [1.82, 2.24) is 25.2 Å². The van der Waals surface area contributed by atoms with E-state index < -0.39 is 0 Å². The Bertz CT molecular complexity index is 944. The molecule has 0 bridgehead atoms. The van der Waals surface area contributed by atoms with Crippen LogP contribution in [0.15, 0.2) is 63.5 Å². The van der Waals surface area contributed by atoms with E-state index in [0.29, 0.717) is 11.7 Å². The Balaban J connectivity index is 1.46. The smallest absolute Gasteiger partial charge is 0.250 e. The highest BCUT2D eigenvalue weighted by atomic mass is 79.9. The Hall–Kier alpha value is -2.72. The third-order valence-electron chi connectivity index (χ3n) is 3.64. The number of halogens is 1. The lowest BCUT2D eigenvalue weighted by atomic mass is 10.3. The molecular formula is C18H18BrN7OS. The number of carbonyl (C=O) groups is 1. The molecule has 0 aliphatic rings. The molecule has 3 aromatic rings. The first-order valence-corrected chi connectivity index (χ1v) is 10.1. The highest BCUT2D eigenvalue weighted by molar-refractivity contribution is 9.10. The van der Waals surface area contributed by atoms with Crippen molar-refractivity contribution >= 4 is 45.5 Å². The molecule has 10 heteroatoms. The molecule has 2 heterocycles. The highest BCUT2D eigenvalue weighted by Crippen LogP contribution is 2.17. The number of hydrogen-bond donors (Lipinski definition) is 2. The van der Waals surface area contributed by atoms with E-state index in [0.717, 1.165) is 21.5 Å². The quantitative estimate of drug-likeness (QED) is 0.305. The minimum atomic E-state index is -0.220. The molecule has 28 heavy (non-hydrogen) atoms. The van der Waals surface area contributed by atoms with Gasteiger partial charge < -0.3 is 9.88 Å². The van der Waals surface area contributed by atoms with Crippen molar-refractivity contribution in [2.45, 2.75) is 11.7 Å². The fraction of sp³-hybridized carbons (Fsp3) is 0.167. The van der Waals surface area contributed by atoms with Crippen molar-refractivity contribution in [3.63, 3.8) is 0 Å². The zero-order valence-electron chi connectivity index (χ0n) is 15.0. The van der Waals surface area contributed by atoms with E-state index in [2.05, 4.69) is 47.0 Å². The van der Waals surface area contributed by atoms with Crippen LogP contribution in [0.4, 0.5) is 5.69 Å². The molecule has 0 aliphatic carbocycles. The molecule has 3 rings (SSSR count). The summed E-state index contributed by atoms with van der Waals surface area (Å²) in [6.07, 6.45) is 4.88. The summed E-state index contributed by atoms with van der Waals surface area (Å²) in [6, 6.07) is 11.5. The molecule has 144 valence electrons. The first-order valence-electron chi connectivity index (χ1n) is 8.34. The lowest BCUT2D eigenvalue weighted by molar-refractivity contribution is -0.118. The molecule has 0 aliphatic heterocycles. The number of hydrogen-bond acceptors (Lipinski definition) is 7. The van der Waals surface area contributed by atoms with Crippen molar-refractivity contribution in [2.24, 2.45) is 12.1 Å². The number of nitrogens with zero attached hydrogens (tertiary/aromatic N) is 5. The number of nitrogens with one attached hydrogen (secondary N) is 2. The number of anilines is 1. The van der Waals surface area contributed by atoms with Crippen LogP contribution < -0.4 is 10.7 Å². The van der Waals surface area contributed by atoms with Crippen LogP contribution in [0.1, 0.15) is 11.4 Å². The second-order valence-corrected chi connectivity index (χ2v) is 7.54. The zero-order valence-corrected chi connectivity index (χ0v) is 17.4. The van der Waals surface area contributed by atoms with Gasteiger partial charge in [-0.25, -0.2) is 5.43 Å². The van der Waals surface area contributed by atoms with E-state index in [9.17, 15) is 4.79 Å². The summed E-state index contributed by atoms with van der Waals surface area (Å²) in [7, 11) is 1.87. The molecule has 0 unspecified atom stereocenters. The van der Waals surface area contributed by atoms with Gasteiger partial charge in [-0.1, -0.05) is 33.8 Å². The second kappa shape index (κ2) is 10.00. The number of carbonyl (C=O) groups excluding carboxylic acids is 1. The Morgan fingerprint density at radius 3 is 2.86 bits per heavy atom. The molecule has 0 radical (unpaired) electrons. The van der Waals surface area contributed by atoms with Gasteiger partial charge in [0.25, 0.3) is 5.91 Å². The minimum Gasteiger partial charge on any atom is -0.378 e. The second-order valence-electron chi connectivity index (χ2n) is 5.69. The number of amides is 1. The third-order valence-corrected chi connectivity index (χ3v) is 5.19. The first-order chi connectivity index (χ1) is 13.6. The molecule has 0 spiro atoms. The van der Waals surface area contributed by atoms with Gasteiger partial charge in [-0.15, -0.1) is 10.2 Å². The number of benzene rings is 1. The summed E-state index contributed by atoms with van der Waals surface area (Å²) in [5.74, 6) is 0.749. The lowest BCUT2D eigenvalue weighted by Gasteiger charge is -2.07. The molecular weight excluding hydrogens is 442 g/mol. The summed E-state index contributed by atoms with van der Waals surface area (Å²) >= 11 is 4.71. The lowest BCUT2D eigenvalue weighted by Crippen LogP contribution is -2.20. The molecule has 2 aromatic heterocycles. The van der Waals surface area contributed by atoms with Gasteiger partial charge in [0.05, 0.1) is 18.5 Å². The van der Waals surface area contributed by atoms with Gasteiger partial charge in [-0.3, -0.25) is 9.78 Å². The average molecular weight is 460 g/mol. The van der Waals surface area contributed by atoms with Crippen molar-refractivity contribution in [3.05, 3.63) is 64.7 Å². The predicted molar refractivity (Wildman–Crippen MR) is 113 cm³/mol. The normalized spacial score (nSPS) is 10.9. The number of pyridine rings is 1. The summed E-state index contributed by atoms with van der Waals surface area (Å²) in [5, 5.41) is 16.2. The summed E-state index contributed by atoms with van der Waals surface area (Å²) in [6.45, 7) is 0.535. The van der Waals surface area contributed by atoms with Gasteiger partial charge >= 0.3 is 0 Å². The van der Waals surface area contributed by atoms with Crippen LogP contribution in [0.2, 0.25) is 0 Å². The van der Waals surface area contributed by atoms with Crippen molar-refractivity contribution in [3.8, 4) is 0 Å². The Labute approximate surface area is 175 Å². The zero-order chi connectivity index (χ0) is 19.8. The molecule has 0 saturated heterocycles. The van der Waals surface area contributed by atoms with Gasteiger partial charge in [0.15, 0.2) is 11.0 Å². The van der Waals surface area contributed by atoms with E-state index in [1.54, 1.807) is 24.7 Å². The maximum Gasteiger partial charge on any atom is 0.250 e. The molecule has 0 atom stereocenters. The Morgan fingerprint density at radius 2 is 2.11 bits per heavy atom. The highest BCUT2D eigenvalue weighted by Gasteiger charge is 2.11. The van der Waals surface area contributed by atoms with Crippen LogP contribution in [-0.2, 0) is 18.4 Å². The van der Waals surface area contributed by atoms with E-state index in [1.807, 2.05) is 41.9 Å². The van der Waals surface area contributed by atoms with Crippen LogP contribution >= 0.6 is 27.7 Å². The van der Waals surface area contributed by atoms with Gasteiger partial charge in [-0.2, -0.15) is 5.10 Å². The SMILES string of the molecule is Cn1c(CNc2ccc(Br)cc2)nnc1SCC(=O)N/N=C/c1cccnc1. The first kappa shape index (κ1) is 20.0. The van der Waals surface area contributed by atoms with E-state index in [4.69, 9.17) is 0 Å². The van der Waals surface area contributed by atoms with Crippen molar-refractivity contribution < 1.29 is 4.79 Å². The predicted octanol–water partition coefficient (Wildman–Crippen LogP) is 2.83. The molecule has 0 fully saturated rings. The minimum absolute atomic E-state index is 0.191. The maximum absolute atomic E-state index is 11.9. The fourth-order valence-corrected chi connectivity index (χ4v) is 3.15. The van der Waals surface area contributed by atoms with Gasteiger partial charge in [0.1, 0.15) is 0 Å². The van der Waals surface area contributed by atoms with Crippen LogP contribution in [0.25, 0.3) is 0 Å². The molecule has 8 nitrogen and oxygen atoms in total. The Kier molecular flexibility index (Phi) is 7.15. The van der Waals surface area contributed by atoms with Crippen LogP contribution in [0, 0.1) is 0 Å². The molecule has 1 aromatic carbocycles. The standard InChI is InChI=1S/C18H18BrN7OS/c1-26-16(11-21-15-6-4-14(19)5-7-15)23-25-18(26)28-12-17(27)24-22-10-13-3-2-8-20-9-13/h2-10,21H,11-12H2,1H3,(H,24,27)/b22-10+. The number of hydrazone groups is 1. The van der Waals surface area contributed by atoms with Crippen molar-refractivity contribution in [1.29, 1.82) is 0 Å². The Morgan fingerprint density at radius 1 is 1.29 bits per heavy atom. The molecule has 0 saturated carbocycles. The summed E-state index contributed by atoms with van der Waals surface area (Å²) in [5.41, 5.74) is 4.29. The maximum atomic E-state index is 11.9. The van der Waals surface area contributed by atoms with E-state index >= 15 is 0 Å². The van der Waals surface area contributed by atoms with E-state index in [1.165, 1.54) is 11.8 Å². The van der Waals surface area contributed by atoms with Crippen LogP contribution in [-0.4, -0.2) is 37.6 Å². The summed E-state index contributed by atoms with van der Waals surface area (Å²) < 4.78 is 2.89. The van der Waals surface area contributed by atoms with Gasteiger partial charge in [-0.05, 0) is 30.3 Å². The monoisotopic (exact) mass is 459 g/mol. The van der Waals surface area contributed by atoms with Gasteiger partial charge in [0.2, 0.25) is 0 Å². The van der Waals surface area contributed by atoms with E-state index in [-0.39, 0.29) is 11.7 Å². The van der Waals surface area contributed by atoms with Crippen LogP contribution in [0.5, 0.6) is 0 Å². The number of thioether (sulfide) groups is 1. The molecule has 2 N–H and O–H groups in total. The topological polar surface area (TPSA) is 97.1 Å². The number of rotatable bonds is 8.